The highest BCUT2D eigenvalue weighted by Gasteiger charge is 2.44. The molecule has 1 fully saturated rings. The van der Waals surface area contributed by atoms with E-state index in [9.17, 15) is 35.1 Å². The Balaban J connectivity index is 1.86. The number of rotatable bonds is 79. The van der Waals surface area contributed by atoms with E-state index in [1.165, 1.54) is 372 Å². The van der Waals surface area contributed by atoms with Gasteiger partial charge < -0.3 is 45.1 Å². The summed E-state index contributed by atoms with van der Waals surface area (Å²) in [5.41, 5.74) is 0. The van der Waals surface area contributed by atoms with Gasteiger partial charge in [-0.15, -0.1) is 0 Å². The second-order valence-corrected chi connectivity index (χ2v) is 30.6. The number of hydrogen-bond donors (Lipinski definition) is 6. The fourth-order valence-corrected chi connectivity index (χ4v) is 14.2. The maximum Gasteiger partial charge on any atom is 0.305 e. The van der Waals surface area contributed by atoms with Crippen LogP contribution in [-0.2, 0) is 23.8 Å². The molecule has 99 heavy (non-hydrogen) atoms. The van der Waals surface area contributed by atoms with Crippen molar-refractivity contribution >= 4 is 11.9 Å². The van der Waals surface area contributed by atoms with Crippen molar-refractivity contribution in [2.45, 2.75) is 493 Å². The number of unbranched alkanes of at least 4 members (excludes halogenated alkanes) is 61. The Kier molecular flexibility index (Phi) is 73.8. The molecule has 1 rings (SSSR count). The number of carbonyl (C=O) groups is 2. The summed E-state index contributed by atoms with van der Waals surface area (Å²) < 4.78 is 16.8. The van der Waals surface area contributed by atoms with Crippen LogP contribution in [0.2, 0.25) is 0 Å². The topological polar surface area (TPSA) is 175 Å². The summed E-state index contributed by atoms with van der Waals surface area (Å²) in [6.07, 6.45) is 92.2. The molecule has 0 aliphatic carbocycles. The van der Waals surface area contributed by atoms with Crippen LogP contribution in [0.1, 0.15) is 450 Å². The maximum absolute atomic E-state index is 13.1. The molecule has 584 valence electrons. The summed E-state index contributed by atoms with van der Waals surface area (Å²) in [7, 11) is 0. The third-order valence-corrected chi connectivity index (χ3v) is 21.0. The number of aliphatic hydroxyl groups is 5. The van der Waals surface area contributed by atoms with Gasteiger partial charge in [-0.3, -0.25) is 9.59 Å². The monoisotopic (exact) mass is 1400 g/mol. The van der Waals surface area contributed by atoms with Gasteiger partial charge in [0.1, 0.15) is 24.4 Å². The van der Waals surface area contributed by atoms with E-state index in [0.717, 1.165) is 51.4 Å². The van der Waals surface area contributed by atoms with Crippen molar-refractivity contribution in [2.24, 2.45) is 0 Å². The van der Waals surface area contributed by atoms with Gasteiger partial charge >= 0.3 is 5.97 Å². The number of aliphatic hydroxyl groups excluding tert-OH is 5. The quantitative estimate of drug-likeness (QED) is 0.0195. The van der Waals surface area contributed by atoms with Crippen molar-refractivity contribution in [3.63, 3.8) is 0 Å². The van der Waals surface area contributed by atoms with Crippen LogP contribution >= 0.6 is 0 Å². The zero-order valence-electron chi connectivity index (χ0n) is 65.5. The lowest BCUT2D eigenvalue weighted by Crippen LogP contribution is -2.60. The largest absolute Gasteiger partial charge is 0.466 e. The molecule has 11 nitrogen and oxygen atoms in total. The van der Waals surface area contributed by atoms with Crippen molar-refractivity contribution in [1.82, 2.24) is 5.32 Å². The Morgan fingerprint density at radius 2 is 0.657 bits per heavy atom. The average molecular weight is 1400 g/mol. The minimum Gasteiger partial charge on any atom is -0.466 e. The number of nitrogens with one attached hydrogen (secondary N) is 1. The van der Waals surface area contributed by atoms with Gasteiger partial charge in [-0.1, -0.05) is 403 Å². The minimum atomic E-state index is -1.57. The molecule has 1 heterocycles. The Morgan fingerprint density at radius 1 is 0.364 bits per heavy atom. The van der Waals surface area contributed by atoms with E-state index in [1.54, 1.807) is 6.08 Å². The van der Waals surface area contributed by atoms with Gasteiger partial charge in [0.15, 0.2) is 6.29 Å². The first kappa shape index (κ1) is 94.9. The Hall–Kier alpha value is -2.12. The lowest BCUT2D eigenvalue weighted by molar-refractivity contribution is -0.302. The van der Waals surface area contributed by atoms with Gasteiger partial charge in [-0.2, -0.15) is 0 Å². The molecular weight excluding hydrogens is 1230 g/mol. The van der Waals surface area contributed by atoms with Gasteiger partial charge in [-0.25, -0.2) is 0 Å². The highest BCUT2D eigenvalue weighted by Crippen LogP contribution is 2.24. The molecule has 11 heteroatoms. The third kappa shape index (κ3) is 65.2. The van der Waals surface area contributed by atoms with Gasteiger partial charge in [-0.05, 0) is 70.6 Å². The summed E-state index contributed by atoms with van der Waals surface area (Å²) in [6.45, 7) is 4.39. The van der Waals surface area contributed by atoms with Gasteiger partial charge in [0.05, 0.1) is 32.0 Å². The Morgan fingerprint density at radius 3 is 1.00 bits per heavy atom. The number of esters is 1. The molecule has 1 aliphatic heterocycles. The van der Waals surface area contributed by atoms with Crippen LogP contribution in [-0.4, -0.2) is 100 Å². The van der Waals surface area contributed by atoms with E-state index in [0.29, 0.717) is 19.4 Å². The van der Waals surface area contributed by atoms with Gasteiger partial charge in [0.2, 0.25) is 5.91 Å². The summed E-state index contributed by atoms with van der Waals surface area (Å²) in [5, 5.41) is 54.6. The van der Waals surface area contributed by atoms with Crippen LogP contribution in [0.5, 0.6) is 0 Å². The minimum absolute atomic E-state index is 0.0224. The van der Waals surface area contributed by atoms with Crippen LogP contribution in [0.3, 0.4) is 0 Å². The van der Waals surface area contributed by atoms with Crippen LogP contribution < -0.4 is 5.32 Å². The van der Waals surface area contributed by atoms with Crippen LogP contribution in [0, 0.1) is 0 Å². The van der Waals surface area contributed by atoms with E-state index >= 15 is 0 Å². The number of allylic oxidation sites excluding steroid dienone is 5. The second kappa shape index (κ2) is 77.0. The molecular formula is C88H167NO10. The molecule has 0 aromatic heterocycles. The first-order valence-corrected chi connectivity index (χ1v) is 43.8. The van der Waals surface area contributed by atoms with Crippen LogP contribution in [0.15, 0.2) is 36.5 Å². The highest BCUT2D eigenvalue weighted by atomic mass is 16.7. The molecule has 0 saturated carbocycles. The Labute approximate surface area is 613 Å². The molecule has 0 radical (unpaired) electrons. The zero-order chi connectivity index (χ0) is 71.5. The highest BCUT2D eigenvalue weighted by molar-refractivity contribution is 5.76. The number of hydrogen-bond acceptors (Lipinski definition) is 10. The summed E-state index contributed by atoms with van der Waals surface area (Å²) in [5.74, 6) is -0.163. The normalized spacial score (nSPS) is 17.3. The molecule has 0 spiro atoms. The smallest absolute Gasteiger partial charge is 0.305 e. The van der Waals surface area contributed by atoms with Gasteiger partial charge in [0.25, 0.3) is 0 Å². The van der Waals surface area contributed by atoms with Crippen LogP contribution in [0.25, 0.3) is 0 Å². The lowest BCUT2D eigenvalue weighted by atomic mass is 9.99. The van der Waals surface area contributed by atoms with Crippen molar-refractivity contribution in [1.29, 1.82) is 0 Å². The van der Waals surface area contributed by atoms with Crippen LogP contribution in [0.4, 0.5) is 0 Å². The maximum atomic E-state index is 13.1. The van der Waals surface area contributed by atoms with Crippen molar-refractivity contribution in [3.05, 3.63) is 36.5 Å². The lowest BCUT2D eigenvalue weighted by Gasteiger charge is -2.40. The van der Waals surface area contributed by atoms with Crippen molar-refractivity contribution < 1.29 is 49.3 Å². The van der Waals surface area contributed by atoms with Crippen molar-refractivity contribution in [3.8, 4) is 0 Å². The summed E-state index contributed by atoms with van der Waals surface area (Å²) >= 11 is 0. The van der Waals surface area contributed by atoms with Gasteiger partial charge in [0, 0.05) is 12.8 Å². The SMILES string of the molecule is CCCCCCCCC/C=C/CC/C=C/C(O)C(COC1OC(CO)C(O)C(O)C1O)NC(=O)CCCCCCCCCCCCCCCCCCC/C=C\CCCCCCCCCCCCCCCCCCCCOC(=O)CCCCCCCCCCCCCCCCCCCCC. The van der Waals surface area contributed by atoms with E-state index in [4.69, 9.17) is 14.2 Å². The molecule has 1 amide bonds. The molecule has 1 aliphatic rings. The molecule has 6 N–H and O–H groups in total. The molecule has 0 bridgehead atoms. The molecule has 7 unspecified atom stereocenters. The first-order chi connectivity index (χ1) is 48.7. The fraction of sp³-hybridized carbons (Fsp3) is 0.909. The average Bonchev–Trinajstić information content (AvgIpc) is 0.834. The Bertz CT molecular complexity index is 1740. The standard InChI is InChI=1S/C88H167NO10/c1-3-5-7-9-11-13-15-17-18-19-41-45-48-52-56-60-64-68-72-76-84(93)97-77-73-69-65-61-57-53-49-46-43-40-38-36-34-32-30-28-26-24-22-20-21-23-25-27-29-31-33-35-37-39-42-44-47-51-55-59-63-67-71-75-83(92)89-80(79-98-88-87(96)86(95)85(94)82(78-90)99-88)81(91)74-70-66-62-58-54-50-16-14-12-10-8-6-4-2/h20-21,54,58,70,74,80-82,85-88,90-91,94-96H,3-19,22-53,55-57,59-69,71-73,75-79H2,1-2H3,(H,89,92)/b21-20-,58-54+,74-70+. The van der Waals surface area contributed by atoms with E-state index in [1.807, 2.05) is 6.08 Å². The molecule has 0 aromatic carbocycles. The summed E-state index contributed by atoms with van der Waals surface area (Å²) in [4.78, 5) is 25.2. The molecule has 1 saturated heterocycles. The fourth-order valence-electron chi connectivity index (χ4n) is 14.2. The molecule has 7 atom stereocenters. The van der Waals surface area contributed by atoms with E-state index in [-0.39, 0.29) is 18.5 Å². The predicted molar refractivity (Wildman–Crippen MR) is 421 cm³/mol. The van der Waals surface area contributed by atoms with E-state index < -0.39 is 49.5 Å². The predicted octanol–water partition coefficient (Wildman–Crippen LogP) is 24.4. The summed E-state index contributed by atoms with van der Waals surface area (Å²) in [6, 6.07) is -0.824. The third-order valence-electron chi connectivity index (χ3n) is 21.0. The number of carbonyl (C=O) groups excluding carboxylic acids is 2. The zero-order valence-corrected chi connectivity index (χ0v) is 65.5. The van der Waals surface area contributed by atoms with E-state index in [2.05, 4.69) is 43.5 Å². The first-order valence-electron chi connectivity index (χ1n) is 43.8. The number of ether oxygens (including phenoxy) is 3. The van der Waals surface area contributed by atoms with Crippen molar-refractivity contribution in [2.75, 3.05) is 19.8 Å². The molecule has 0 aromatic rings. The second-order valence-electron chi connectivity index (χ2n) is 30.6. The number of amides is 1.